The molecule has 1 atom stereocenters. The van der Waals surface area contributed by atoms with Gasteiger partial charge in [-0.3, -0.25) is 9.69 Å². The third-order valence-corrected chi connectivity index (χ3v) is 6.48. The summed E-state index contributed by atoms with van der Waals surface area (Å²) in [7, 11) is 0. The summed E-state index contributed by atoms with van der Waals surface area (Å²) in [5.74, 6) is 0.580. The van der Waals surface area contributed by atoms with E-state index in [0.29, 0.717) is 80.5 Å². The number of amides is 1. The number of hydrogen-bond acceptors (Lipinski definition) is 7. The lowest BCUT2D eigenvalue weighted by atomic mass is 10.1. The zero-order chi connectivity index (χ0) is 25.2. The largest absolute Gasteiger partial charge is 0.472 e. The van der Waals surface area contributed by atoms with Gasteiger partial charge in [0.05, 0.1) is 18.3 Å². The molecule has 3 aromatic rings. The van der Waals surface area contributed by atoms with Crippen LogP contribution in [0.25, 0.3) is 10.9 Å². The summed E-state index contributed by atoms with van der Waals surface area (Å²) in [6.07, 6.45) is 2.36. The number of anilines is 1. The molecule has 0 saturated carbocycles. The Balaban J connectivity index is 1.16. The van der Waals surface area contributed by atoms with Crippen molar-refractivity contribution < 1.29 is 18.7 Å². The molecule has 2 aliphatic heterocycles. The number of carbonyl (C=O) groups excluding carboxylic acids is 1. The van der Waals surface area contributed by atoms with E-state index in [2.05, 4.69) is 21.9 Å². The molecule has 9 nitrogen and oxygen atoms in total. The second-order valence-corrected chi connectivity index (χ2v) is 8.98. The molecule has 0 aliphatic carbocycles. The van der Waals surface area contributed by atoms with E-state index in [1.807, 2.05) is 6.92 Å². The molecular weight excluding hydrogens is 465 g/mol. The van der Waals surface area contributed by atoms with Gasteiger partial charge in [0.1, 0.15) is 24.2 Å². The zero-order valence-corrected chi connectivity index (χ0v) is 20.1. The van der Waals surface area contributed by atoms with Gasteiger partial charge in [0.2, 0.25) is 5.88 Å². The first kappa shape index (κ1) is 23.9. The van der Waals surface area contributed by atoms with Crippen LogP contribution in [0.15, 0.2) is 47.4 Å². The Bertz CT molecular complexity index is 1390. The van der Waals surface area contributed by atoms with E-state index in [1.54, 1.807) is 16.7 Å². The molecule has 1 amide bonds. The fourth-order valence-electron chi connectivity index (χ4n) is 4.69. The molecule has 0 bridgehead atoms. The van der Waals surface area contributed by atoms with Crippen molar-refractivity contribution in [2.45, 2.75) is 38.8 Å². The first-order chi connectivity index (χ1) is 17.4. The lowest BCUT2D eigenvalue weighted by Gasteiger charge is -2.19. The number of cyclic esters (lactones) is 1. The van der Waals surface area contributed by atoms with E-state index >= 15 is 0 Å². The van der Waals surface area contributed by atoms with Crippen molar-refractivity contribution in [2.24, 2.45) is 0 Å². The van der Waals surface area contributed by atoms with E-state index in [9.17, 15) is 14.0 Å². The highest BCUT2D eigenvalue weighted by Gasteiger charge is 2.33. The van der Waals surface area contributed by atoms with E-state index < -0.39 is 6.09 Å². The minimum atomic E-state index is -0.458. The Morgan fingerprint density at radius 1 is 1.22 bits per heavy atom. The van der Waals surface area contributed by atoms with Crippen molar-refractivity contribution in [1.82, 2.24) is 19.9 Å². The number of benzene rings is 1. The number of aromatic nitrogens is 3. The molecular formula is C26H28FN5O4. The summed E-state index contributed by atoms with van der Waals surface area (Å²) >= 11 is 0. The molecule has 1 N–H and O–H groups in total. The van der Waals surface area contributed by atoms with Crippen LogP contribution in [-0.2, 0) is 24.1 Å². The lowest BCUT2D eigenvalue weighted by molar-refractivity contribution is 0.136. The average molecular weight is 494 g/mol. The molecule has 5 rings (SSSR count). The number of rotatable bonds is 8. The first-order valence-corrected chi connectivity index (χ1v) is 12.1. The topological polar surface area (TPSA) is 98.6 Å². The first-order valence-electron chi connectivity index (χ1n) is 12.1. The molecule has 0 radical (unpaired) electrons. The molecule has 2 aromatic heterocycles. The van der Waals surface area contributed by atoms with Crippen molar-refractivity contribution in [3.8, 4) is 5.88 Å². The highest BCUT2D eigenvalue weighted by molar-refractivity contribution is 5.88. The fraction of sp³-hybridized carbons (Fsp3) is 0.385. The summed E-state index contributed by atoms with van der Waals surface area (Å²) in [6.45, 7) is 8.18. The van der Waals surface area contributed by atoms with E-state index in [-0.39, 0.29) is 17.5 Å². The summed E-state index contributed by atoms with van der Waals surface area (Å²) in [5.41, 5.74) is 2.60. The number of fused-ring (bicyclic) bond motifs is 2. The normalized spacial score (nSPS) is 17.3. The Hall–Kier alpha value is -3.79. The molecule has 4 heterocycles. The summed E-state index contributed by atoms with van der Waals surface area (Å²) < 4.78 is 27.3. The van der Waals surface area contributed by atoms with E-state index in [1.165, 1.54) is 23.2 Å². The molecule has 0 spiro atoms. The molecule has 36 heavy (non-hydrogen) atoms. The smallest absolute Gasteiger partial charge is 0.415 e. The number of nitrogens with zero attached hydrogens (tertiary/aromatic N) is 4. The van der Waals surface area contributed by atoms with Crippen LogP contribution >= 0.6 is 0 Å². The van der Waals surface area contributed by atoms with Gasteiger partial charge >= 0.3 is 6.09 Å². The number of pyridine rings is 1. The number of nitrogens with one attached hydrogen (secondary N) is 1. The van der Waals surface area contributed by atoms with Crippen molar-refractivity contribution in [1.29, 1.82) is 0 Å². The Morgan fingerprint density at radius 3 is 2.89 bits per heavy atom. The van der Waals surface area contributed by atoms with Crippen LogP contribution in [-0.4, -0.2) is 53.0 Å². The highest BCUT2D eigenvalue weighted by atomic mass is 19.1. The Labute approximate surface area is 207 Å². The minimum Gasteiger partial charge on any atom is -0.472 e. The maximum absolute atomic E-state index is 14.7. The second kappa shape index (κ2) is 10.1. The van der Waals surface area contributed by atoms with Gasteiger partial charge in [0.25, 0.3) is 5.56 Å². The quantitative estimate of drug-likeness (QED) is 0.381. The number of ether oxygens (including phenoxy) is 2. The molecule has 0 unspecified atom stereocenters. The van der Waals surface area contributed by atoms with Gasteiger partial charge in [0, 0.05) is 24.6 Å². The standard InChI is InChI=1S/C26H28FN5O4/c1-3-31-23(33)7-5-17-4-6-20(27)19(24(17)31)9-11-28-10-8-18-14-32(26(34)36-18)22-13-29-25-21(30-22)12-16(2)15-35-25/h4-7,13,18,28H,2-3,8-12,14-15H2,1H3/t18-/m0/s1. The van der Waals surface area contributed by atoms with Crippen LogP contribution in [0.2, 0.25) is 0 Å². The molecule has 10 heteroatoms. The number of carbonyl (C=O) groups is 1. The molecule has 1 saturated heterocycles. The maximum Gasteiger partial charge on any atom is 0.415 e. The van der Waals surface area contributed by atoms with Crippen molar-refractivity contribution >= 4 is 22.8 Å². The summed E-state index contributed by atoms with van der Waals surface area (Å²) in [6, 6.07) is 6.39. The van der Waals surface area contributed by atoms with Gasteiger partial charge in [0.15, 0.2) is 5.82 Å². The van der Waals surface area contributed by atoms with Crippen LogP contribution in [0.3, 0.4) is 0 Å². The van der Waals surface area contributed by atoms with Crippen LogP contribution in [0.5, 0.6) is 5.88 Å². The molecule has 1 fully saturated rings. The Kier molecular flexibility index (Phi) is 6.69. The maximum atomic E-state index is 14.7. The summed E-state index contributed by atoms with van der Waals surface area (Å²) in [5, 5.41) is 4.14. The van der Waals surface area contributed by atoms with Crippen LogP contribution in [0.1, 0.15) is 24.6 Å². The summed E-state index contributed by atoms with van der Waals surface area (Å²) in [4.78, 5) is 35.0. The van der Waals surface area contributed by atoms with Crippen LogP contribution in [0, 0.1) is 5.82 Å². The number of halogens is 1. The monoisotopic (exact) mass is 493 g/mol. The molecule has 188 valence electrons. The van der Waals surface area contributed by atoms with Gasteiger partial charge in [-0.25, -0.2) is 19.2 Å². The van der Waals surface area contributed by atoms with Gasteiger partial charge in [-0.1, -0.05) is 6.58 Å². The number of aryl methyl sites for hydroxylation is 1. The van der Waals surface area contributed by atoms with Crippen molar-refractivity contribution in [3.63, 3.8) is 0 Å². The fourth-order valence-corrected chi connectivity index (χ4v) is 4.69. The van der Waals surface area contributed by atoms with E-state index in [0.717, 1.165) is 11.0 Å². The van der Waals surface area contributed by atoms with Gasteiger partial charge in [-0.15, -0.1) is 0 Å². The lowest BCUT2D eigenvalue weighted by Crippen LogP contribution is -2.28. The van der Waals surface area contributed by atoms with Crippen molar-refractivity contribution in [2.75, 3.05) is 31.1 Å². The number of hydrogen-bond donors (Lipinski definition) is 1. The Morgan fingerprint density at radius 2 is 2.06 bits per heavy atom. The molecule has 2 aliphatic rings. The third-order valence-electron chi connectivity index (χ3n) is 6.48. The predicted molar refractivity (Wildman–Crippen MR) is 133 cm³/mol. The second-order valence-electron chi connectivity index (χ2n) is 8.98. The van der Waals surface area contributed by atoms with Gasteiger partial charge in [-0.2, -0.15) is 0 Å². The zero-order valence-electron chi connectivity index (χ0n) is 20.1. The average Bonchev–Trinajstić information content (AvgIpc) is 3.24. The van der Waals surface area contributed by atoms with E-state index in [4.69, 9.17) is 9.47 Å². The van der Waals surface area contributed by atoms with Gasteiger partial charge < -0.3 is 19.4 Å². The van der Waals surface area contributed by atoms with Crippen LogP contribution in [0.4, 0.5) is 15.0 Å². The van der Waals surface area contributed by atoms with Gasteiger partial charge in [-0.05, 0) is 62.0 Å². The SMILES string of the molecule is C=C1COc2ncc(N3C[C@H](CCNCCc4c(F)ccc5ccc(=O)n(CC)c45)OC3=O)nc2C1. The third kappa shape index (κ3) is 4.68. The predicted octanol–water partition coefficient (Wildman–Crippen LogP) is 2.99. The molecule has 1 aromatic carbocycles. The highest BCUT2D eigenvalue weighted by Crippen LogP contribution is 2.27. The van der Waals surface area contributed by atoms with Crippen molar-refractivity contribution in [3.05, 3.63) is 70.0 Å². The van der Waals surface area contributed by atoms with Crippen LogP contribution < -0.4 is 20.5 Å². The minimum absolute atomic E-state index is 0.140.